The average molecular weight is 387 g/mol. The molecule has 130 valence electrons. The average Bonchev–Trinajstić information content (AvgIpc) is 2.52. The van der Waals surface area contributed by atoms with E-state index in [1.807, 2.05) is 36.4 Å². The number of rotatable bonds is 8. The Morgan fingerprint density at radius 2 is 1.75 bits per heavy atom. The molecule has 0 unspecified atom stereocenters. The van der Waals surface area contributed by atoms with Gasteiger partial charge in [-0.15, -0.1) is 0 Å². The molecule has 2 nitrogen and oxygen atoms in total. The minimum Gasteiger partial charge on any atom is -0.488 e. The van der Waals surface area contributed by atoms with Gasteiger partial charge in [0.25, 0.3) is 0 Å². The predicted octanol–water partition coefficient (Wildman–Crippen LogP) is 6.36. The molecule has 0 saturated carbocycles. The fraction of sp³-hybridized carbons (Fsp3) is 0.368. The van der Waals surface area contributed by atoms with Gasteiger partial charge in [0.05, 0.1) is 0 Å². The molecule has 0 heterocycles. The van der Waals surface area contributed by atoms with Crippen LogP contribution in [0, 0.1) is 5.92 Å². The van der Waals surface area contributed by atoms with E-state index in [0.29, 0.717) is 34.1 Å². The van der Waals surface area contributed by atoms with Crippen LogP contribution in [0.2, 0.25) is 15.1 Å². The lowest BCUT2D eigenvalue weighted by Gasteiger charge is -2.14. The summed E-state index contributed by atoms with van der Waals surface area (Å²) in [4.78, 5) is 0. The van der Waals surface area contributed by atoms with Gasteiger partial charge in [0.15, 0.2) is 0 Å². The van der Waals surface area contributed by atoms with Crippen molar-refractivity contribution in [3.05, 3.63) is 62.6 Å². The highest BCUT2D eigenvalue weighted by Gasteiger charge is 2.09. The van der Waals surface area contributed by atoms with E-state index in [4.69, 9.17) is 39.5 Å². The summed E-state index contributed by atoms with van der Waals surface area (Å²) in [5.41, 5.74) is 1.81. The van der Waals surface area contributed by atoms with Crippen molar-refractivity contribution < 1.29 is 4.74 Å². The van der Waals surface area contributed by atoms with E-state index >= 15 is 0 Å². The zero-order valence-electron chi connectivity index (χ0n) is 13.9. The Bertz CT molecular complexity index is 653. The summed E-state index contributed by atoms with van der Waals surface area (Å²) >= 11 is 18.5. The van der Waals surface area contributed by atoms with Crippen LogP contribution >= 0.6 is 34.8 Å². The Hall–Kier alpha value is -0.930. The van der Waals surface area contributed by atoms with Gasteiger partial charge in [-0.3, -0.25) is 0 Å². The molecule has 0 amide bonds. The quantitative estimate of drug-likeness (QED) is 0.533. The normalized spacial score (nSPS) is 11.1. The first kappa shape index (κ1) is 19.4. The predicted molar refractivity (Wildman–Crippen MR) is 103 cm³/mol. The molecule has 2 aromatic carbocycles. The van der Waals surface area contributed by atoms with Gasteiger partial charge in [-0.25, -0.2) is 0 Å². The van der Waals surface area contributed by atoms with Crippen LogP contribution < -0.4 is 10.1 Å². The van der Waals surface area contributed by atoms with Crippen molar-refractivity contribution in [2.45, 2.75) is 33.4 Å². The third kappa shape index (κ3) is 5.86. The van der Waals surface area contributed by atoms with Crippen LogP contribution in [-0.2, 0) is 13.2 Å². The van der Waals surface area contributed by atoms with Crippen molar-refractivity contribution in [2.75, 3.05) is 6.54 Å². The summed E-state index contributed by atoms with van der Waals surface area (Å²) in [7, 11) is 0. The topological polar surface area (TPSA) is 21.3 Å². The van der Waals surface area contributed by atoms with Gasteiger partial charge < -0.3 is 10.1 Å². The lowest BCUT2D eigenvalue weighted by Crippen LogP contribution is -2.17. The molecule has 24 heavy (non-hydrogen) atoms. The van der Waals surface area contributed by atoms with Gasteiger partial charge >= 0.3 is 0 Å². The number of ether oxygens (including phenoxy) is 1. The SMILES string of the molecule is CC(C)CCNCc1cc(Cl)ccc1OCc1c(Cl)cccc1Cl. The molecule has 0 fully saturated rings. The van der Waals surface area contributed by atoms with Gasteiger partial charge in [-0.1, -0.05) is 54.7 Å². The standard InChI is InChI=1S/C19H22Cl3NO/c1-13(2)8-9-23-11-14-10-15(20)6-7-19(14)24-12-16-17(21)4-3-5-18(16)22/h3-7,10,13,23H,8-9,11-12H2,1-2H3. The largest absolute Gasteiger partial charge is 0.488 e. The highest BCUT2D eigenvalue weighted by Crippen LogP contribution is 2.28. The maximum Gasteiger partial charge on any atom is 0.124 e. The minimum atomic E-state index is 0.319. The third-order valence-electron chi connectivity index (χ3n) is 3.67. The smallest absolute Gasteiger partial charge is 0.124 e. The summed E-state index contributed by atoms with van der Waals surface area (Å²) in [5, 5.41) is 5.33. The highest BCUT2D eigenvalue weighted by atomic mass is 35.5. The van der Waals surface area contributed by atoms with E-state index in [1.165, 1.54) is 0 Å². The molecule has 1 N–H and O–H groups in total. The maximum absolute atomic E-state index is 6.19. The number of nitrogens with one attached hydrogen (secondary N) is 1. The number of benzene rings is 2. The molecular weight excluding hydrogens is 365 g/mol. The Morgan fingerprint density at radius 1 is 1.04 bits per heavy atom. The van der Waals surface area contributed by atoms with Crippen LogP contribution in [0.4, 0.5) is 0 Å². The second-order valence-electron chi connectivity index (χ2n) is 6.10. The minimum absolute atomic E-state index is 0.319. The molecule has 2 rings (SSSR count). The van der Waals surface area contributed by atoms with E-state index in [9.17, 15) is 0 Å². The summed E-state index contributed by atoms with van der Waals surface area (Å²) in [6, 6.07) is 11.1. The molecule has 0 radical (unpaired) electrons. The van der Waals surface area contributed by atoms with E-state index in [1.54, 1.807) is 0 Å². The van der Waals surface area contributed by atoms with Crippen molar-refractivity contribution in [1.82, 2.24) is 5.32 Å². The van der Waals surface area contributed by atoms with Crippen molar-refractivity contribution in [3.8, 4) is 5.75 Å². The molecule has 5 heteroatoms. The summed E-state index contributed by atoms with van der Waals surface area (Å²) in [6.45, 7) is 6.41. The van der Waals surface area contributed by atoms with E-state index in [0.717, 1.165) is 29.8 Å². The Balaban J connectivity index is 2.04. The van der Waals surface area contributed by atoms with E-state index in [-0.39, 0.29) is 0 Å². The first-order valence-corrected chi connectivity index (χ1v) is 9.15. The zero-order valence-corrected chi connectivity index (χ0v) is 16.2. The highest BCUT2D eigenvalue weighted by molar-refractivity contribution is 6.36. The van der Waals surface area contributed by atoms with Crippen LogP contribution in [0.15, 0.2) is 36.4 Å². The van der Waals surface area contributed by atoms with Crippen LogP contribution in [0.5, 0.6) is 5.75 Å². The lowest BCUT2D eigenvalue weighted by molar-refractivity contribution is 0.302. The fourth-order valence-electron chi connectivity index (χ4n) is 2.26. The van der Waals surface area contributed by atoms with Gasteiger partial charge in [-0.2, -0.15) is 0 Å². The second-order valence-corrected chi connectivity index (χ2v) is 7.35. The van der Waals surface area contributed by atoms with Crippen LogP contribution in [-0.4, -0.2) is 6.54 Å². The molecular formula is C19H22Cl3NO. The molecule has 2 aromatic rings. The molecule has 0 spiro atoms. The van der Waals surface area contributed by atoms with Crippen LogP contribution in [0.25, 0.3) is 0 Å². The van der Waals surface area contributed by atoms with Crippen molar-refractivity contribution in [3.63, 3.8) is 0 Å². The summed E-state index contributed by atoms with van der Waals surface area (Å²) < 4.78 is 5.95. The number of hydrogen-bond acceptors (Lipinski definition) is 2. The summed E-state index contributed by atoms with van der Waals surface area (Å²) in [5.74, 6) is 1.46. The monoisotopic (exact) mass is 385 g/mol. The molecule has 0 aromatic heterocycles. The Kier molecular flexibility index (Phi) is 7.70. The molecule has 0 saturated heterocycles. The molecule has 0 aliphatic heterocycles. The van der Waals surface area contributed by atoms with Gasteiger partial charge in [0, 0.05) is 32.7 Å². The lowest BCUT2D eigenvalue weighted by atomic mass is 10.1. The Labute approximate surface area is 159 Å². The van der Waals surface area contributed by atoms with Gasteiger partial charge in [-0.05, 0) is 49.2 Å². The van der Waals surface area contributed by atoms with E-state index in [2.05, 4.69) is 19.2 Å². The second kappa shape index (κ2) is 9.53. The molecule has 0 aliphatic carbocycles. The third-order valence-corrected chi connectivity index (χ3v) is 4.61. The fourth-order valence-corrected chi connectivity index (χ4v) is 2.96. The zero-order chi connectivity index (χ0) is 17.5. The van der Waals surface area contributed by atoms with Crippen molar-refractivity contribution in [1.29, 1.82) is 0 Å². The maximum atomic E-state index is 6.19. The van der Waals surface area contributed by atoms with Gasteiger partial charge in [0.2, 0.25) is 0 Å². The summed E-state index contributed by atoms with van der Waals surface area (Å²) in [6.07, 6.45) is 1.13. The van der Waals surface area contributed by atoms with Gasteiger partial charge in [0.1, 0.15) is 12.4 Å². The molecule has 0 bridgehead atoms. The van der Waals surface area contributed by atoms with Crippen LogP contribution in [0.1, 0.15) is 31.4 Å². The first-order chi connectivity index (χ1) is 11.5. The number of halogens is 3. The molecule has 0 aliphatic rings. The van der Waals surface area contributed by atoms with Crippen molar-refractivity contribution in [2.24, 2.45) is 5.92 Å². The first-order valence-electron chi connectivity index (χ1n) is 8.02. The Morgan fingerprint density at radius 3 is 2.42 bits per heavy atom. The molecule has 0 atom stereocenters. The van der Waals surface area contributed by atoms with E-state index < -0.39 is 0 Å². The van der Waals surface area contributed by atoms with Crippen molar-refractivity contribution >= 4 is 34.8 Å². The number of hydrogen-bond donors (Lipinski definition) is 1. The van der Waals surface area contributed by atoms with Crippen LogP contribution in [0.3, 0.4) is 0 Å².